The quantitative estimate of drug-likeness (QED) is 0.0495. The van der Waals surface area contributed by atoms with Crippen LogP contribution >= 0.6 is 0 Å². The van der Waals surface area contributed by atoms with E-state index in [0.717, 1.165) is 47.9 Å². The number of aliphatic hydroxyl groups excluding tert-OH is 4. The zero-order valence-electron chi connectivity index (χ0n) is 54.9. The second kappa shape index (κ2) is 26.5. The van der Waals surface area contributed by atoms with Crippen molar-refractivity contribution in [3.05, 3.63) is 148 Å². The molecule has 3 heterocycles. The number of nitrogens with one attached hydrogen (secondary N) is 2. The van der Waals surface area contributed by atoms with Gasteiger partial charge in [0, 0.05) is 92.0 Å². The van der Waals surface area contributed by atoms with Crippen LogP contribution in [0.1, 0.15) is 118 Å². The fourth-order valence-corrected chi connectivity index (χ4v) is 17.4. The lowest BCUT2D eigenvalue weighted by atomic mass is 9.38. The van der Waals surface area contributed by atoms with Crippen LogP contribution in [0.15, 0.2) is 115 Å². The van der Waals surface area contributed by atoms with E-state index < -0.39 is 95.9 Å². The normalized spacial score (nSPS) is 32.1. The SMILES string of the molecule is CN(CCN(C)C(=O)OCc1ccc(O[C@@H]2OC[C@@H](O)[C@H](O)[C@H]2O)c(NC(=O)CCNC(=O)CCC(=O)N2Cc3ccccc3C#Cc3ccccc32)c1)C(=O)OCC(=O)[C@@]12O[C@H](c3ccc(CC45CC(N)(C4)C5)cc3)O[C@@H]1C[C@H]1[C@@H]3CCC4=CC(=O)C=C[C@]4(C)[C@H]3[C@@H](O)C[C@@]12C. The molecule has 13 atom stereocenters. The van der Waals surface area contributed by atoms with Gasteiger partial charge in [-0.05, 0) is 128 Å². The second-order valence-electron chi connectivity index (χ2n) is 28.7. The lowest BCUT2D eigenvalue weighted by Crippen LogP contribution is -2.72. The van der Waals surface area contributed by atoms with Gasteiger partial charge in [0.1, 0.15) is 30.7 Å². The molecule has 5 amide bonds. The molecule has 97 heavy (non-hydrogen) atoms. The molecule has 23 heteroatoms. The molecule has 2 bridgehead atoms. The van der Waals surface area contributed by atoms with E-state index in [1.807, 2.05) is 73.7 Å². The molecule has 8 fully saturated rings. The molecular formula is C74H84N6O17. The van der Waals surface area contributed by atoms with E-state index in [9.17, 15) is 49.2 Å². The summed E-state index contributed by atoms with van der Waals surface area (Å²) in [5.74, 6) is 4.08. The van der Waals surface area contributed by atoms with E-state index in [1.54, 1.807) is 17.1 Å². The molecule has 8 N–H and O–H groups in total. The summed E-state index contributed by atoms with van der Waals surface area (Å²) in [6.45, 7) is 2.85. The molecule has 6 saturated carbocycles. The number of ether oxygens (including phenoxy) is 6. The van der Waals surface area contributed by atoms with Gasteiger partial charge >= 0.3 is 12.2 Å². The molecule has 14 rings (SSSR count). The Hall–Kier alpha value is -8.31. The number of hydrogen-bond acceptors (Lipinski definition) is 18. The van der Waals surface area contributed by atoms with Crippen molar-refractivity contribution in [2.24, 2.45) is 39.7 Å². The van der Waals surface area contributed by atoms with Gasteiger partial charge in [-0.1, -0.05) is 98.0 Å². The van der Waals surface area contributed by atoms with Gasteiger partial charge in [-0.15, -0.1) is 0 Å². The fraction of sp³-hybridized carbons (Fsp3) is 0.500. The van der Waals surface area contributed by atoms with Crippen LogP contribution in [0.2, 0.25) is 0 Å². The van der Waals surface area contributed by atoms with Crippen LogP contribution < -0.4 is 26.0 Å². The first-order valence-corrected chi connectivity index (χ1v) is 33.5. The highest BCUT2D eigenvalue weighted by Crippen LogP contribution is 2.71. The third-order valence-corrected chi connectivity index (χ3v) is 22.2. The molecule has 3 aliphatic heterocycles. The maximum Gasteiger partial charge on any atom is 0.409 e. The molecule has 0 radical (unpaired) electrons. The average molecular weight is 1330 g/mol. The van der Waals surface area contributed by atoms with Gasteiger partial charge < -0.3 is 79.9 Å². The number of hydrogen-bond donors (Lipinski definition) is 7. The van der Waals surface area contributed by atoms with Crippen molar-refractivity contribution in [3.63, 3.8) is 0 Å². The van der Waals surface area contributed by atoms with Crippen molar-refractivity contribution in [2.45, 2.75) is 152 Å². The molecule has 7 aliphatic carbocycles. The van der Waals surface area contributed by atoms with E-state index in [2.05, 4.69) is 41.5 Å². The third kappa shape index (κ3) is 12.9. The minimum absolute atomic E-state index is 0.00542. The zero-order chi connectivity index (χ0) is 68.3. The van der Waals surface area contributed by atoms with E-state index in [4.69, 9.17) is 34.2 Å². The largest absolute Gasteiger partial charge is 0.460 e. The van der Waals surface area contributed by atoms with Crippen molar-refractivity contribution in [2.75, 3.05) is 57.2 Å². The maximum atomic E-state index is 15.2. The van der Waals surface area contributed by atoms with Crippen LogP contribution in [-0.2, 0) is 67.2 Å². The Kier molecular flexibility index (Phi) is 18.4. The molecule has 10 aliphatic rings. The molecular weight excluding hydrogens is 1240 g/mol. The zero-order valence-corrected chi connectivity index (χ0v) is 54.9. The van der Waals surface area contributed by atoms with Gasteiger partial charge in [0.25, 0.3) is 0 Å². The summed E-state index contributed by atoms with van der Waals surface area (Å²) in [4.78, 5) is 99.6. The molecule has 2 saturated heterocycles. The van der Waals surface area contributed by atoms with Crippen molar-refractivity contribution in [3.8, 4) is 17.6 Å². The number of carbonyl (C=O) groups is 7. The van der Waals surface area contributed by atoms with Gasteiger partial charge in [-0.3, -0.25) is 24.0 Å². The summed E-state index contributed by atoms with van der Waals surface area (Å²) in [5, 5.41) is 48.9. The Morgan fingerprint density at radius 2 is 1.51 bits per heavy atom. The minimum atomic E-state index is -1.68. The number of benzene rings is 4. The van der Waals surface area contributed by atoms with Crippen molar-refractivity contribution >= 4 is 52.8 Å². The number of allylic oxidation sites excluding steroid dienone is 4. The van der Waals surface area contributed by atoms with Crippen LogP contribution in [0.4, 0.5) is 21.0 Å². The summed E-state index contributed by atoms with van der Waals surface area (Å²) < 4.78 is 36.7. The number of fused-ring (bicyclic) bond motifs is 9. The van der Waals surface area contributed by atoms with Crippen LogP contribution in [0.25, 0.3) is 0 Å². The highest BCUT2D eigenvalue weighted by Gasteiger charge is 2.76. The second-order valence-corrected chi connectivity index (χ2v) is 28.7. The Morgan fingerprint density at radius 3 is 2.26 bits per heavy atom. The van der Waals surface area contributed by atoms with E-state index >= 15 is 4.79 Å². The number of aliphatic hydroxyl groups is 4. The number of ketones is 2. The van der Waals surface area contributed by atoms with Crippen LogP contribution in [-0.4, -0.2) is 167 Å². The number of nitrogens with two attached hydrogens (primary N) is 1. The van der Waals surface area contributed by atoms with Crippen molar-refractivity contribution < 1.29 is 82.4 Å². The van der Waals surface area contributed by atoms with Crippen molar-refractivity contribution in [1.82, 2.24) is 15.1 Å². The summed E-state index contributed by atoms with van der Waals surface area (Å²) in [7, 11) is 2.94. The number of anilines is 2. The van der Waals surface area contributed by atoms with Gasteiger partial charge in [0.05, 0.1) is 36.7 Å². The Bertz CT molecular complexity index is 3900. The standard InChI is InChI=1S/C74H84N6O17/c1-70-27-25-50(81)32-49(70)20-21-51-52-33-59-74(71(52,2)35-55(82)63(51)70,97-66(96-59)47-16-13-43(14-17-47)34-72-40-73(75,41-72)42-72)58(84)39-94-69(91)79(4)30-29-78(3)68(90)93-37-44-15-22-57(95-67-65(89)64(88)56(83)38-92-67)53(31-44)77-61(86)26-28-76-60(85)23-24-62(87)80-36-48-11-6-5-9-45(48)18-19-46-10-7-8-12-54(46)80/h5-17,22,25,27,31-32,51-52,55-56,59,63-67,82-83,88-89H,20-21,23-24,26,28-30,33-42,75H2,1-4H3,(H,76,85)(H,77,86)/t51-,52-,55-,56+,59+,63+,64-,65+,66+,67-,70-,71-,72?,73?,74+/m0/s1. The fourth-order valence-electron chi connectivity index (χ4n) is 17.4. The summed E-state index contributed by atoms with van der Waals surface area (Å²) in [6, 6.07) is 27.4. The smallest absolute Gasteiger partial charge is 0.409 e. The minimum Gasteiger partial charge on any atom is -0.460 e. The predicted molar refractivity (Wildman–Crippen MR) is 350 cm³/mol. The summed E-state index contributed by atoms with van der Waals surface area (Å²) in [5.41, 5.74) is 9.86. The maximum absolute atomic E-state index is 15.2. The van der Waals surface area contributed by atoms with Crippen LogP contribution in [0.3, 0.4) is 0 Å². The molecule has 0 spiro atoms. The van der Waals surface area contributed by atoms with Crippen molar-refractivity contribution in [1.29, 1.82) is 0 Å². The highest BCUT2D eigenvalue weighted by atomic mass is 16.7. The number of amides is 5. The Morgan fingerprint density at radius 1 is 0.804 bits per heavy atom. The molecule has 4 aromatic carbocycles. The van der Waals surface area contributed by atoms with Crippen LogP contribution in [0, 0.1) is 45.8 Å². The first-order valence-electron chi connectivity index (χ1n) is 33.5. The summed E-state index contributed by atoms with van der Waals surface area (Å²) >= 11 is 0. The Labute approximate surface area is 562 Å². The topological polar surface area (TPSA) is 316 Å². The number of likely N-dealkylation sites (N-methyl/N-ethyl adjacent to an activating group) is 2. The number of carbonyl (C=O) groups excluding carboxylic acids is 7. The van der Waals surface area contributed by atoms with E-state index in [1.165, 1.54) is 47.7 Å². The number of para-hydroxylation sites is 1. The van der Waals surface area contributed by atoms with Gasteiger partial charge in [0.2, 0.25) is 29.8 Å². The van der Waals surface area contributed by atoms with Gasteiger partial charge in [-0.25, -0.2) is 9.59 Å². The van der Waals surface area contributed by atoms with Gasteiger partial charge in [-0.2, -0.15) is 0 Å². The van der Waals surface area contributed by atoms with Crippen LogP contribution in [0.5, 0.6) is 5.75 Å². The monoisotopic (exact) mass is 1330 g/mol. The highest BCUT2D eigenvalue weighted by molar-refractivity contribution is 6.01. The van der Waals surface area contributed by atoms with Gasteiger partial charge in [0.15, 0.2) is 24.3 Å². The number of rotatable bonds is 20. The molecule has 4 aromatic rings. The lowest BCUT2D eigenvalue weighted by Gasteiger charge is -2.69. The Balaban J connectivity index is 0.615. The molecule has 23 nitrogen and oxygen atoms in total. The first-order chi connectivity index (χ1) is 46.4. The van der Waals surface area contributed by atoms with E-state index in [-0.39, 0.29) is 117 Å². The molecule has 512 valence electrons. The average Bonchev–Trinajstić information content (AvgIpc) is 1.66. The lowest BCUT2D eigenvalue weighted by molar-refractivity contribution is -0.241. The number of Topliss-reactive ketones (excluding diaryl/α,β-unsaturated/α-hetero) is 1. The van der Waals surface area contributed by atoms with E-state index in [0.29, 0.717) is 36.1 Å². The summed E-state index contributed by atoms with van der Waals surface area (Å²) in [6.07, 6.45) is 0.556. The molecule has 0 unspecified atom stereocenters. The first kappa shape index (κ1) is 67.3. The molecule has 0 aromatic heterocycles. The predicted octanol–water partition coefficient (Wildman–Crippen LogP) is 6.05. The third-order valence-electron chi connectivity index (χ3n) is 22.2. The number of nitrogens with zero attached hydrogens (tertiary/aromatic N) is 3.